The van der Waals surface area contributed by atoms with Gasteiger partial charge in [0.05, 0.1) is 5.88 Å². The van der Waals surface area contributed by atoms with E-state index in [9.17, 15) is 4.79 Å². The zero-order valence-electron chi connectivity index (χ0n) is 8.34. The molecule has 0 spiro atoms. The van der Waals surface area contributed by atoms with Gasteiger partial charge in [0.15, 0.2) is 5.78 Å². The summed E-state index contributed by atoms with van der Waals surface area (Å²) in [5.41, 5.74) is 2.21. The molecule has 0 aromatic heterocycles. The van der Waals surface area contributed by atoms with E-state index >= 15 is 0 Å². The Morgan fingerprint density at radius 2 is 2.14 bits per heavy atom. The molecule has 76 valence electrons. The first-order chi connectivity index (χ1) is 6.63. The van der Waals surface area contributed by atoms with Gasteiger partial charge in [-0.3, -0.25) is 4.79 Å². The first kappa shape index (κ1) is 11.1. The molecule has 2 nitrogen and oxygen atoms in total. The monoisotopic (exact) mass is 212 g/mol. The van der Waals surface area contributed by atoms with Crippen LogP contribution in [0, 0.1) is 13.8 Å². The first-order valence-electron chi connectivity index (χ1n) is 4.41. The zero-order chi connectivity index (χ0) is 10.6. The minimum Gasteiger partial charge on any atom is -0.486 e. The molecule has 0 saturated heterocycles. The molecule has 0 atom stereocenters. The van der Waals surface area contributed by atoms with Gasteiger partial charge in [-0.05, 0) is 25.5 Å². The van der Waals surface area contributed by atoms with Crippen molar-refractivity contribution in [3.63, 3.8) is 0 Å². The fraction of sp³-hybridized carbons (Fsp3) is 0.364. The van der Waals surface area contributed by atoms with Crippen LogP contribution in [0.1, 0.15) is 11.1 Å². The summed E-state index contributed by atoms with van der Waals surface area (Å²) in [6, 6.07) is 5.83. The van der Waals surface area contributed by atoms with E-state index in [1.165, 1.54) is 5.56 Å². The molecule has 0 saturated carbocycles. The highest BCUT2D eigenvalue weighted by molar-refractivity contribution is 6.27. The van der Waals surface area contributed by atoms with Crippen LogP contribution in [-0.2, 0) is 4.79 Å². The Balaban J connectivity index is 2.63. The Morgan fingerprint density at radius 1 is 1.43 bits per heavy atom. The molecule has 0 aliphatic heterocycles. The van der Waals surface area contributed by atoms with Crippen molar-refractivity contribution in [1.29, 1.82) is 0 Å². The Labute approximate surface area is 88.8 Å². The maximum atomic E-state index is 10.9. The summed E-state index contributed by atoms with van der Waals surface area (Å²) in [7, 11) is 0. The lowest BCUT2D eigenvalue weighted by Gasteiger charge is -2.07. The van der Waals surface area contributed by atoms with Gasteiger partial charge in [0, 0.05) is 0 Å². The highest BCUT2D eigenvalue weighted by Gasteiger charge is 2.03. The molecule has 1 aromatic carbocycles. The topological polar surface area (TPSA) is 26.3 Å². The molecule has 0 bridgehead atoms. The van der Waals surface area contributed by atoms with Crippen LogP contribution in [0.25, 0.3) is 0 Å². The largest absolute Gasteiger partial charge is 0.486 e. The van der Waals surface area contributed by atoms with Crippen molar-refractivity contribution in [2.75, 3.05) is 12.5 Å². The minimum absolute atomic E-state index is 0.00487. The summed E-state index contributed by atoms with van der Waals surface area (Å²) in [5.74, 6) is 0.644. The first-order valence-corrected chi connectivity index (χ1v) is 4.94. The molecule has 0 radical (unpaired) electrons. The van der Waals surface area contributed by atoms with E-state index in [2.05, 4.69) is 0 Å². The summed E-state index contributed by atoms with van der Waals surface area (Å²) in [5, 5.41) is 0. The van der Waals surface area contributed by atoms with Crippen LogP contribution >= 0.6 is 11.6 Å². The number of hydrogen-bond donors (Lipinski definition) is 0. The van der Waals surface area contributed by atoms with Crippen LogP contribution in [0.15, 0.2) is 18.2 Å². The number of ketones is 1. The van der Waals surface area contributed by atoms with Gasteiger partial charge < -0.3 is 4.74 Å². The average Bonchev–Trinajstić information content (AvgIpc) is 2.16. The molecule has 0 heterocycles. The van der Waals surface area contributed by atoms with E-state index in [4.69, 9.17) is 16.3 Å². The third kappa shape index (κ3) is 3.04. The zero-order valence-corrected chi connectivity index (χ0v) is 9.10. The number of aryl methyl sites for hydroxylation is 2. The number of halogens is 1. The number of benzene rings is 1. The summed E-state index contributed by atoms with van der Waals surface area (Å²) in [4.78, 5) is 10.9. The molecular weight excluding hydrogens is 200 g/mol. The second kappa shape index (κ2) is 5.01. The Morgan fingerprint density at radius 3 is 2.71 bits per heavy atom. The predicted molar refractivity (Wildman–Crippen MR) is 57.1 cm³/mol. The highest BCUT2D eigenvalue weighted by Crippen LogP contribution is 2.18. The van der Waals surface area contributed by atoms with Crippen molar-refractivity contribution in [3.8, 4) is 5.75 Å². The SMILES string of the molecule is Cc1ccc(OCC(=O)CCl)c(C)c1. The van der Waals surface area contributed by atoms with E-state index in [0.29, 0.717) is 0 Å². The van der Waals surface area contributed by atoms with Crippen LogP contribution in [0.5, 0.6) is 5.75 Å². The lowest BCUT2D eigenvalue weighted by Crippen LogP contribution is -2.12. The van der Waals surface area contributed by atoms with Crippen LogP contribution in [0.3, 0.4) is 0 Å². The number of carbonyl (C=O) groups is 1. The van der Waals surface area contributed by atoms with Crippen molar-refractivity contribution in [3.05, 3.63) is 29.3 Å². The number of Topliss-reactive ketones (excluding diaryl/α,β-unsaturated/α-hetero) is 1. The fourth-order valence-electron chi connectivity index (χ4n) is 1.16. The van der Waals surface area contributed by atoms with Crippen molar-refractivity contribution < 1.29 is 9.53 Å². The van der Waals surface area contributed by atoms with Crippen LogP contribution in [-0.4, -0.2) is 18.3 Å². The Kier molecular flexibility index (Phi) is 3.96. The third-order valence-corrected chi connectivity index (χ3v) is 2.17. The van der Waals surface area contributed by atoms with E-state index in [1.807, 2.05) is 32.0 Å². The van der Waals surface area contributed by atoms with Crippen LogP contribution in [0.4, 0.5) is 0 Å². The summed E-state index contributed by atoms with van der Waals surface area (Å²) in [6.07, 6.45) is 0. The Hall–Kier alpha value is -1.02. The number of alkyl halides is 1. The standard InChI is InChI=1S/C11H13ClO2/c1-8-3-4-11(9(2)5-8)14-7-10(13)6-12/h3-5H,6-7H2,1-2H3. The lowest BCUT2D eigenvalue weighted by atomic mass is 10.1. The molecular formula is C11H13ClO2. The number of ether oxygens (including phenoxy) is 1. The van der Waals surface area contributed by atoms with E-state index < -0.39 is 0 Å². The van der Waals surface area contributed by atoms with Gasteiger partial charge in [-0.2, -0.15) is 0 Å². The van der Waals surface area contributed by atoms with Gasteiger partial charge in [0.1, 0.15) is 12.4 Å². The number of carbonyl (C=O) groups excluding carboxylic acids is 1. The minimum atomic E-state index is -0.105. The summed E-state index contributed by atoms with van der Waals surface area (Å²) in [6.45, 7) is 4.02. The lowest BCUT2D eigenvalue weighted by molar-refractivity contribution is -0.118. The summed E-state index contributed by atoms with van der Waals surface area (Å²) < 4.78 is 5.31. The fourth-order valence-corrected chi connectivity index (χ4v) is 1.24. The van der Waals surface area contributed by atoms with Crippen molar-refractivity contribution in [2.24, 2.45) is 0 Å². The molecule has 3 heteroatoms. The maximum Gasteiger partial charge on any atom is 0.184 e. The Bertz CT molecular complexity index is 334. The van der Waals surface area contributed by atoms with Gasteiger partial charge >= 0.3 is 0 Å². The molecule has 0 aliphatic carbocycles. The highest BCUT2D eigenvalue weighted by atomic mass is 35.5. The van der Waals surface area contributed by atoms with E-state index in [-0.39, 0.29) is 18.3 Å². The third-order valence-electron chi connectivity index (χ3n) is 1.87. The van der Waals surface area contributed by atoms with Gasteiger partial charge in [0.2, 0.25) is 0 Å². The van der Waals surface area contributed by atoms with E-state index in [1.54, 1.807) is 0 Å². The number of hydrogen-bond acceptors (Lipinski definition) is 2. The molecule has 0 N–H and O–H groups in total. The normalized spacial score (nSPS) is 9.93. The van der Waals surface area contributed by atoms with Crippen molar-refractivity contribution in [2.45, 2.75) is 13.8 Å². The van der Waals surface area contributed by atoms with Gasteiger partial charge in [-0.15, -0.1) is 11.6 Å². The second-order valence-corrected chi connectivity index (χ2v) is 3.50. The van der Waals surface area contributed by atoms with Gasteiger partial charge in [0.25, 0.3) is 0 Å². The molecule has 1 rings (SSSR count). The smallest absolute Gasteiger partial charge is 0.184 e. The molecule has 1 aromatic rings. The molecule has 0 amide bonds. The molecule has 0 fully saturated rings. The quantitative estimate of drug-likeness (QED) is 0.717. The van der Waals surface area contributed by atoms with Crippen molar-refractivity contribution in [1.82, 2.24) is 0 Å². The molecule has 14 heavy (non-hydrogen) atoms. The van der Waals surface area contributed by atoms with Gasteiger partial charge in [-0.25, -0.2) is 0 Å². The average molecular weight is 213 g/mol. The van der Waals surface area contributed by atoms with Gasteiger partial charge in [-0.1, -0.05) is 17.7 Å². The van der Waals surface area contributed by atoms with E-state index in [0.717, 1.165) is 11.3 Å². The van der Waals surface area contributed by atoms with Crippen LogP contribution in [0.2, 0.25) is 0 Å². The predicted octanol–water partition coefficient (Wildman–Crippen LogP) is 2.49. The molecule has 0 aliphatic rings. The number of rotatable bonds is 4. The van der Waals surface area contributed by atoms with Crippen molar-refractivity contribution >= 4 is 17.4 Å². The second-order valence-electron chi connectivity index (χ2n) is 3.23. The van der Waals surface area contributed by atoms with Crippen LogP contribution < -0.4 is 4.74 Å². The maximum absolute atomic E-state index is 10.9. The summed E-state index contributed by atoms with van der Waals surface area (Å²) >= 11 is 5.35. The molecule has 0 unspecified atom stereocenters.